The molecule has 174 valence electrons. The second-order valence-electron chi connectivity index (χ2n) is 8.54. The van der Waals surface area contributed by atoms with Crippen molar-refractivity contribution in [2.45, 2.75) is 26.4 Å². The van der Waals surface area contributed by atoms with Gasteiger partial charge in [0.15, 0.2) is 0 Å². The number of fused-ring (bicyclic) bond motifs is 1. The number of amides is 2. The summed E-state index contributed by atoms with van der Waals surface area (Å²) >= 11 is 0. The third-order valence-corrected chi connectivity index (χ3v) is 6.11. The van der Waals surface area contributed by atoms with Gasteiger partial charge in [0, 0.05) is 38.3 Å². The standard InChI is InChI=1S/C26H32N4O3/c1-20-7-5-10-22-17-23(25(31)28-24(20)22)19-30(12-6-11-29-13-15-33-16-14-29)26(32)27-18-21-8-3-2-4-9-21/h2-5,7-10,17H,6,11-16,18-19H2,1H3,(H,27,32)(H,28,31). The first-order valence-corrected chi connectivity index (χ1v) is 11.6. The van der Waals surface area contributed by atoms with Gasteiger partial charge >= 0.3 is 6.03 Å². The number of aromatic amines is 1. The maximum absolute atomic E-state index is 13.1. The van der Waals surface area contributed by atoms with Crippen molar-refractivity contribution in [1.82, 2.24) is 20.1 Å². The molecule has 2 heterocycles. The molecule has 1 saturated heterocycles. The lowest BCUT2D eigenvalue weighted by molar-refractivity contribution is 0.0364. The zero-order chi connectivity index (χ0) is 23.0. The molecule has 33 heavy (non-hydrogen) atoms. The Morgan fingerprint density at radius 1 is 1.12 bits per heavy atom. The van der Waals surface area contributed by atoms with Gasteiger partial charge in [0.2, 0.25) is 0 Å². The average molecular weight is 449 g/mol. The molecule has 1 fully saturated rings. The first kappa shape index (κ1) is 23.0. The number of aryl methyl sites for hydroxylation is 1. The largest absolute Gasteiger partial charge is 0.379 e. The Morgan fingerprint density at radius 2 is 1.91 bits per heavy atom. The van der Waals surface area contributed by atoms with E-state index in [1.165, 1.54) is 0 Å². The summed E-state index contributed by atoms with van der Waals surface area (Å²) in [5.74, 6) is 0. The van der Waals surface area contributed by atoms with E-state index in [2.05, 4.69) is 15.2 Å². The molecule has 0 aliphatic carbocycles. The summed E-state index contributed by atoms with van der Waals surface area (Å²) in [4.78, 5) is 33.0. The van der Waals surface area contributed by atoms with E-state index in [4.69, 9.17) is 4.74 Å². The van der Waals surface area contributed by atoms with Crippen LogP contribution in [0.5, 0.6) is 0 Å². The van der Waals surface area contributed by atoms with Crippen LogP contribution < -0.4 is 10.9 Å². The molecule has 0 atom stereocenters. The highest BCUT2D eigenvalue weighted by Gasteiger charge is 2.17. The highest BCUT2D eigenvalue weighted by atomic mass is 16.5. The molecular formula is C26H32N4O3. The molecule has 7 nitrogen and oxygen atoms in total. The Labute approximate surface area is 194 Å². The molecule has 0 spiro atoms. The number of ether oxygens (including phenoxy) is 1. The number of nitrogens with zero attached hydrogens (tertiary/aromatic N) is 2. The van der Waals surface area contributed by atoms with Gasteiger partial charge in [0.25, 0.3) is 5.56 Å². The third-order valence-electron chi connectivity index (χ3n) is 6.11. The Bertz CT molecular complexity index is 1120. The van der Waals surface area contributed by atoms with Crippen LogP contribution in [0.4, 0.5) is 4.79 Å². The number of rotatable bonds is 8. The molecule has 4 rings (SSSR count). The summed E-state index contributed by atoms with van der Waals surface area (Å²) < 4.78 is 5.42. The molecule has 2 amide bonds. The van der Waals surface area contributed by atoms with E-state index >= 15 is 0 Å². The number of morpholine rings is 1. The molecule has 2 N–H and O–H groups in total. The number of aromatic nitrogens is 1. The number of hydrogen-bond acceptors (Lipinski definition) is 4. The first-order valence-electron chi connectivity index (χ1n) is 11.6. The monoisotopic (exact) mass is 448 g/mol. The zero-order valence-electron chi connectivity index (χ0n) is 19.2. The van der Waals surface area contributed by atoms with Crippen molar-refractivity contribution in [3.05, 3.63) is 81.6 Å². The van der Waals surface area contributed by atoms with Crippen LogP contribution in [0.2, 0.25) is 0 Å². The molecule has 0 saturated carbocycles. The van der Waals surface area contributed by atoms with E-state index in [-0.39, 0.29) is 18.1 Å². The predicted molar refractivity (Wildman–Crippen MR) is 130 cm³/mol. The molecule has 2 aromatic carbocycles. The van der Waals surface area contributed by atoms with Gasteiger partial charge in [-0.05, 0) is 35.9 Å². The number of para-hydroxylation sites is 1. The van der Waals surface area contributed by atoms with E-state index in [1.807, 2.05) is 61.5 Å². The van der Waals surface area contributed by atoms with Gasteiger partial charge in [-0.25, -0.2) is 4.79 Å². The van der Waals surface area contributed by atoms with Gasteiger partial charge in [-0.1, -0.05) is 48.5 Å². The maximum atomic E-state index is 13.1. The lowest BCUT2D eigenvalue weighted by atomic mass is 10.1. The number of carbonyl (C=O) groups excluding carboxylic acids is 1. The van der Waals surface area contributed by atoms with Crippen molar-refractivity contribution in [2.75, 3.05) is 39.4 Å². The van der Waals surface area contributed by atoms with Gasteiger partial charge in [-0.15, -0.1) is 0 Å². The number of pyridine rings is 1. The van der Waals surface area contributed by atoms with Crippen LogP contribution in [0.25, 0.3) is 10.9 Å². The quantitative estimate of drug-likeness (QED) is 0.555. The summed E-state index contributed by atoms with van der Waals surface area (Å²) in [6.45, 7) is 7.53. The van der Waals surface area contributed by atoms with Gasteiger partial charge in [-0.3, -0.25) is 9.69 Å². The predicted octanol–water partition coefficient (Wildman–Crippen LogP) is 3.27. The van der Waals surface area contributed by atoms with Gasteiger partial charge in [0.1, 0.15) is 0 Å². The fraction of sp³-hybridized carbons (Fsp3) is 0.385. The fourth-order valence-corrected chi connectivity index (χ4v) is 4.20. The number of H-pyrrole nitrogens is 1. The maximum Gasteiger partial charge on any atom is 0.317 e. The highest BCUT2D eigenvalue weighted by molar-refractivity contribution is 5.82. The lowest BCUT2D eigenvalue weighted by Gasteiger charge is -2.28. The SMILES string of the molecule is Cc1cccc2cc(CN(CCCN3CCOCC3)C(=O)NCc3ccccc3)c(=O)[nH]c12. The van der Waals surface area contributed by atoms with Crippen LogP contribution in [0.1, 0.15) is 23.1 Å². The average Bonchev–Trinajstić information content (AvgIpc) is 2.84. The molecule has 3 aromatic rings. The molecule has 0 radical (unpaired) electrons. The normalized spacial score (nSPS) is 14.3. The Kier molecular flexibility index (Phi) is 7.75. The molecule has 7 heteroatoms. The van der Waals surface area contributed by atoms with E-state index in [9.17, 15) is 9.59 Å². The zero-order valence-corrected chi connectivity index (χ0v) is 19.2. The minimum absolute atomic E-state index is 0.147. The van der Waals surface area contributed by atoms with E-state index in [0.717, 1.165) is 61.3 Å². The van der Waals surface area contributed by atoms with E-state index in [0.29, 0.717) is 18.7 Å². The molecule has 1 aromatic heterocycles. The van der Waals surface area contributed by atoms with Crippen molar-refractivity contribution >= 4 is 16.9 Å². The Balaban J connectivity index is 1.47. The number of carbonyl (C=O) groups is 1. The van der Waals surface area contributed by atoms with Crippen molar-refractivity contribution in [1.29, 1.82) is 0 Å². The summed E-state index contributed by atoms with van der Waals surface area (Å²) in [6.07, 6.45) is 0.837. The summed E-state index contributed by atoms with van der Waals surface area (Å²) in [5, 5.41) is 3.99. The molecule has 0 unspecified atom stereocenters. The second kappa shape index (κ2) is 11.1. The first-order chi connectivity index (χ1) is 16.1. The Morgan fingerprint density at radius 3 is 2.70 bits per heavy atom. The molecular weight excluding hydrogens is 416 g/mol. The smallest absolute Gasteiger partial charge is 0.317 e. The molecule has 1 aliphatic heterocycles. The van der Waals surface area contributed by atoms with E-state index < -0.39 is 0 Å². The number of nitrogens with one attached hydrogen (secondary N) is 2. The Hall–Kier alpha value is -3.16. The van der Waals surface area contributed by atoms with Gasteiger partial charge in [0.05, 0.1) is 25.3 Å². The lowest BCUT2D eigenvalue weighted by Crippen LogP contribution is -2.42. The van der Waals surface area contributed by atoms with Crippen LogP contribution in [-0.2, 0) is 17.8 Å². The van der Waals surface area contributed by atoms with Crippen LogP contribution >= 0.6 is 0 Å². The van der Waals surface area contributed by atoms with Gasteiger partial charge < -0.3 is 19.9 Å². The topological polar surface area (TPSA) is 77.7 Å². The number of benzene rings is 2. The second-order valence-corrected chi connectivity index (χ2v) is 8.54. The summed E-state index contributed by atoms with van der Waals surface area (Å²) in [7, 11) is 0. The van der Waals surface area contributed by atoms with Crippen molar-refractivity contribution < 1.29 is 9.53 Å². The van der Waals surface area contributed by atoms with Crippen LogP contribution in [0.15, 0.2) is 59.4 Å². The number of hydrogen-bond donors (Lipinski definition) is 2. The van der Waals surface area contributed by atoms with Crippen LogP contribution in [0.3, 0.4) is 0 Å². The van der Waals surface area contributed by atoms with Gasteiger partial charge in [-0.2, -0.15) is 0 Å². The van der Waals surface area contributed by atoms with Crippen LogP contribution in [-0.4, -0.2) is 60.2 Å². The minimum atomic E-state index is -0.162. The summed E-state index contributed by atoms with van der Waals surface area (Å²) in [5.41, 5.74) is 3.36. The summed E-state index contributed by atoms with van der Waals surface area (Å²) in [6, 6.07) is 17.5. The fourth-order valence-electron chi connectivity index (χ4n) is 4.20. The van der Waals surface area contributed by atoms with Crippen LogP contribution in [0, 0.1) is 6.92 Å². The molecule has 1 aliphatic rings. The molecule has 0 bridgehead atoms. The number of urea groups is 1. The van der Waals surface area contributed by atoms with Crippen molar-refractivity contribution in [2.24, 2.45) is 0 Å². The van der Waals surface area contributed by atoms with E-state index in [1.54, 1.807) is 4.90 Å². The van der Waals surface area contributed by atoms with Crippen molar-refractivity contribution in [3.63, 3.8) is 0 Å². The highest BCUT2D eigenvalue weighted by Crippen LogP contribution is 2.16. The van der Waals surface area contributed by atoms with Crippen molar-refractivity contribution in [3.8, 4) is 0 Å². The minimum Gasteiger partial charge on any atom is -0.379 e. The third kappa shape index (κ3) is 6.21.